The third-order valence-electron chi connectivity index (χ3n) is 4.52. The average molecular weight is 327 g/mol. The highest BCUT2D eigenvalue weighted by Gasteiger charge is 2.33. The molecule has 0 nitrogen and oxygen atoms in total. The maximum Gasteiger partial charge on any atom is 0.143 e. The van der Waals surface area contributed by atoms with Crippen molar-refractivity contribution < 1.29 is 0 Å². The van der Waals surface area contributed by atoms with E-state index in [4.69, 9.17) is 23.2 Å². The molecule has 2 aliphatic carbocycles. The lowest BCUT2D eigenvalue weighted by Crippen LogP contribution is -2.17. The number of benzene rings is 2. The van der Waals surface area contributed by atoms with Crippen LogP contribution >= 0.6 is 23.2 Å². The van der Waals surface area contributed by atoms with E-state index in [2.05, 4.69) is 60.7 Å². The number of rotatable bonds is 3. The van der Waals surface area contributed by atoms with E-state index in [1.54, 1.807) is 0 Å². The fraction of sp³-hybridized carbons (Fsp3) is 0.200. The molecule has 0 N–H and O–H groups in total. The van der Waals surface area contributed by atoms with Gasteiger partial charge in [-0.25, -0.2) is 0 Å². The monoisotopic (exact) mass is 326 g/mol. The topological polar surface area (TPSA) is 0 Å². The number of halogens is 2. The van der Waals surface area contributed by atoms with Crippen molar-refractivity contribution in [2.75, 3.05) is 0 Å². The van der Waals surface area contributed by atoms with Gasteiger partial charge in [-0.2, -0.15) is 0 Å². The largest absolute Gasteiger partial charge is 0.143 e. The van der Waals surface area contributed by atoms with E-state index < -0.39 is 4.33 Å². The summed E-state index contributed by atoms with van der Waals surface area (Å²) >= 11 is 13.4. The summed E-state index contributed by atoms with van der Waals surface area (Å²) in [5, 5.41) is 0. The molecule has 0 bridgehead atoms. The van der Waals surface area contributed by atoms with E-state index in [9.17, 15) is 0 Å². The quantitative estimate of drug-likeness (QED) is 0.622. The highest BCUT2D eigenvalue weighted by Crippen LogP contribution is 2.44. The van der Waals surface area contributed by atoms with E-state index >= 15 is 0 Å². The second-order valence-corrected chi connectivity index (χ2v) is 7.59. The fourth-order valence-electron chi connectivity index (χ4n) is 3.38. The van der Waals surface area contributed by atoms with Gasteiger partial charge in [0.1, 0.15) is 4.33 Å². The van der Waals surface area contributed by atoms with Crippen LogP contribution in [-0.2, 0) is 12.8 Å². The minimum absolute atomic E-state index is 0.685. The second kappa shape index (κ2) is 5.30. The Kier molecular flexibility index (Phi) is 3.40. The third kappa shape index (κ3) is 2.51. The van der Waals surface area contributed by atoms with Crippen molar-refractivity contribution >= 4 is 35.4 Å². The van der Waals surface area contributed by atoms with E-state index in [0.717, 1.165) is 18.4 Å². The van der Waals surface area contributed by atoms with Crippen LogP contribution in [0.4, 0.5) is 0 Å². The molecule has 0 amide bonds. The lowest BCUT2D eigenvalue weighted by atomic mass is 10.0. The maximum atomic E-state index is 6.71. The molecule has 2 heteroatoms. The molecule has 0 aromatic heterocycles. The standard InChI is InChI=1S/C20H16Cl2/c21-20(22,19-11-17-7-3-4-8-18(17)12-19)13-14-9-15-5-1-2-6-16(15)10-14/h1-9,11H,10,12-13H2. The predicted molar refractivity (Wildman–Crippen MR) is 95.3 cm³/mol. The van der Waals surface area contributed by atoms with Gasteiger partial charge in [0.25, 0.3) is 0 Å². The molecule has 22 heavy (non-hydrogen) atoms. The predicted octanol–water partition coefficient (Wildman–Crippen LogP) is 5.83. The summed E-state index contributed by atoms with van der Waals surface area (Å²) < 4.78 is -0.826. The first-order valence-electron chi connectivity index (χ1n) is 7.56. The van der Waals surface area contributed by atoms with Gasteiger partial charge in [0, 0.05) is 6.42 Å². The summed E-state index contributed by atoms with van der Waals surface area (Å²) in [6.07, 6.45) is 6.88. The van der Waals surface area contributed by atoms with Gasteiger partial charge in [-0.05, 0) is 40.7 Å². The summed E-state index contributed by atoms with van der Waals surface area (Å²) in [7, 11) is 0. The molecule has 0 atom stereocenters. The Hall–Kier alpha value is -1.50. The Morgan fingerprint density at radius 2 is 1.36 bits per heavy atom. The summed E-state index contributed by atoms with van der Waals surface area (Å²) in [5.41, 5.74) is 7.63. The SMILES string of the molecule is ClC(Cl)(CC1=Cc2ccccc2C1)C1=Cc2ccccc2C1. The zero-order valence-corrected chi connectivity index (χ0v) is 13.7. The Balaban J connectivity index is 1.55. The lowest BCUT2D eigenvalue weighted by Gasteiger charge is -2.22. The molecule has 0 heterocycles. The van der Waals surface area contributed by atoms with Crippen molar-refractivity contribution in [1.82, 2.24) is 0 Å². The Morgan fingerprint density at radius 3 is 2.00 bits per heavy atom. The third-order valence-corrected chi connectivity index (χ3v) is 5.27. The van der Waals surface area contributed by atoms with Crippen LogP contribution in [0.25, 0.3) is 12.2 Å². The molecule has 2 aromatic carbocycles. The lowest BCUT2D eigenvalue weighted by molar-refractivity contribution is 0.834. The van der Waals surface area contributed by atoms with Gasteiger partial charge >= 0.3 is 0 Å². The van der Waals surface area contributed by atoms with E-state index in [-0.39, 0.29) is 0 Å². The molecule has 2 aliphatic rings. The van der Waals surface area contributed by atoms with Gasteiger partial charge in [-0.3, -0.25) is 0 Å². The molecule has 4 rings (SSSR count). The second-order valence-electron chi connectivity index (χ2n) is 6.10. The van der Waals surface area contributed by atoms with Crippen LogP contribution in [0.15, 0.2) is 59.7 Å². The van der Waals surface area contributed by atoms with E-state index in [1.165, 1.54) is 27.8 Å². The van der Waals surface area contributed by atoms with E-state index in [1.807, 2.05) is 0 Å². The van der Waals surface area contributed by atoms with Crippen LogP contribution < -0.4 is 0 Å². The van der Waals surface area contributed by atoms with Gasteiger partial charge in [0.2, 0.25) is 0 Å². The molecule has 0 unspecified atom stereocenters. The molecule has 0 spiro atoms. The summed E-state index contributed by atoms with van der Waals surface area (Å²) in [5.74, 6) is 0. The number of allylic oxidation sites excluding steroid dienone is 2. The van der Waals surface area contributed by atoms with Crippen LogP contribution in [0, 0.1) is 0 Å². The number of hydrogen-bond donors (Lipinski definition) is 0. The Labute approximate surface area is 141 Å². The number of hydrogen-bond acceptors (Lipinski definition) is 0. The molecular formula is C20H16Cl2. The maximum absolute atomic E-state index is 6.71. The van der Waals surface area contributed by atoms with E-state index in [0.29, 0.717) is 6.42 Å². The summed E-state index contributed by atoms with van der Waals surface area (Å²) in [6, 6.07) is 16.9. The Bertz CT molecular complexity index is 797. The smallest absolute Gasteiger partial charge is 0.0963 e. The zero-order valence-electron chi connectivity index (χ0n) is 12.2. The number of fused-ring (bicyclic) bond motifs is 2. The van der Waals surface area contributed by atoms with Crippen molar-refractivity contribution in [3.8, 4) is 0 Å². The highest BCUT2D eigenvalue weighted by molar-refractivity contribution is 6.51. The van der Waals surface area contributed by atoms with Gasteiger partial charge in [-0.15, -0.1) is 0 Å². The van der Waals surface area contributed by atoms with Crippen molar-refractivity contribution in [3.05, 3.63) is 81.9 Å². The molecule has 0 saturated heterocycles. The normalized spacial score (nSPS) is 16.1. The molecule has 110 valence electrons. The van der Waals surface area contributed by atoms with Crippen LogP contribution in [0.5, 0.6) is 0 Å². The number of alkyl halides is 2. The summed E-state index contributed by atoms with van der Waals surface area (Å²) in [4.78, 5) is 0. The molecule has 0 radical (unpaired) electrons. The van der Waals surface area contributed by atoms with Crippen molar-refractivity contribution in [1.29, 1.82) is 0 Å². The highest BCUT2D eigenvalue weighted by atomic mass is 35.5. The zero-order chi connectivity index (χ0) is 15.2. The molecule has 0 fully saturated rings. The van der Waals surface area contributed by atoms with Crippen LogP contribution in [-0.4, -0.2) is 4.33 Å². The molecule has 0 aliphatic heterocycles. The fourth-order valence-corrected chi connectivity index (χ4v) is 3.96. The van der Waals surface area contributed by atoms with Gasteiger partial charge in [0.05, 0.1) is 0 Å². The van der Waals surface area contributed by atoms with Crippen molar-refractivity contribution in [2.24, 2.45) is 0 Å². The first-order valence-corrected chi connectivity index (χ1v) is 8.31. The van der Waals surface area contributed by atoms with Crippen molar-refractivity contribution in [3.63, 3.8) is 0 Å². The first-order chi connectivity index (χ1) is 10.6. The molecule has 0 saturated carbocycles. The van der Waals surface area contributed by atoms with Gasteiger partial charge in [-0.1, -0.05) is 89.5 Å². The first kappa shape index (κ1) is 14.1. The molecule has 2 aromatic rings. The minimum Gasteiger partial charge on any atom is -0.0963 e. The van der Waals surface area contributed by atoms with Crippen LogP contribution in [0.1, 0.15) is 28.7 Å². The average Bonchev–Trinajstić information content (AvgIpc) is 3.09. The summed E-state index contributed by atoms with van der Waals surface area (Å²) in [6.45, 7) is 0. The minimum atomic E-state index is -0.826. The van der Waals surface area contributed by atoms with Crippen molar-refractivity contribution in [2.45, 2.75) is 23.6 Å². The molecular weight excluding hydrogens is 311 g/mol. The van der Waals surface area contributed by atoms with Gasteiger partial charge < -0.3 is 0 Å². The Morgan fingerprint density at radius 1 is 0.773 bits per heavy atom. The van der Waals surface area contributed by atoms with Crippen LogP contribution in [0.2, 0.25) is 0 Å². The van der Waals surface area contributed by atoms with Crippen LogP contribution in [0.3, 0.4) is 0 Å². The van der Waals surface area contributed by atoms with Gasteiger partial charge in [0.15, 0.2) is 0 Å².